The molecule has 0 saturated heterocycles. The predicted octanol–water partition coefficient (Wildman–Crippen LogP) is 4.51. The molecule has 3 aromatic rings. The van der Waals surface area contributed by atoms with Gasteiger partial charge in [0, 0.05) is 18.1 Å². The van der Waals surface area contributed by atoms with Crippen LogP contribution in [0.15, 0.2) is 53.3 Å². The highest BCUT2D eigenvalue weighted by molar-refractivity contribution is 6.42. The lowest BCUT2D eigenvalue weighted by Crippen LogP contribution is -2.20. The van der Waals surface area contributed by atoms with Crippen molar-refractivity contribution in [2.24, 2.45) is 7.05 Å². The van der Waals surface area contributed by atoms with Gasteiger partial charge in [0.25, 0.3) is 5.56 Å². The smallest absolute Gasteiger partial charge is 0.258 e. The highest BCUT2D eigenvalue weighted by Crippen LogP contribution is 2.27. The Morgan fingerprint density at radius 2 is 1.83 bits per heavy atom. The minimum Gasteiger partial charge on any atom is -0.388 e. The molecule has 0 aliphatic heterocycles. The van der Waals surface area contributed by atoms with Crippen LogP contribution in [0.3, 0.4) is 0 Å². The quantitative estimate of drug-likeness (QED) is 0.742. The van der Waals surface area contributed by atoms with Crippen LogP contribution in [0.1, 0.15) is 23.8 Å². The summed E-state index contributed by atoms with van der Waals surface area (Å²) in [5.74, 6) is 0. The Kier molecular flexibility index (Phi) is 4.95. The minimum atomic E-state index is -0.665. The fourth-order valence-electron chi connectivity index (χ4n) is 2.82. The van der Waals surface area contributed by atoms with Crippen molar-refractivity contribution in [3.05, 3.63) is 80.2 Å². The summed E-state index contributed by atoms with van der Waals surface area (Å²) >= 11 is 11.9. The first-order valence-corrected chi connectivity index (χ1v) is 8.43. The SMILES string of the molecule is Cn1c(CCC(O)c2ccc(Cl)c(Cl)c2)cc2ccccc2c1=O. The van der Waals surface area contributed by atoms with E-state index in [0.717, 1.165) is 16.6 Å². The van der Waals surface area contributed by atoms with Crippen LogP contribution in [-0.2, 0) is 13.5 Å². The van der Waals surface area contributed by atoms with Crippen LogP contribution in [0.2, 0.25) is 10.0 Å². The van der Waals surface area contributed by atoms with E-state index in [1.807, 2.05) is 30.3 Å². The first-order chi connectivity index (χ1) is 11.5. The van der Waals surface area contributed by atoms with Gasteiger partial charge in [-0.05, 0) is 48.1 Å². The van der Waals surface area contributed by atoms with E-state index in [2.05, 4.69) is 0 Å². The average molecular weight is 362 g/mol. The first kappa shape index (κ1) is 17.0. The number of aliphatic hydroxyl groups is 1. The van der Waals surface area contributed by atoms with Gasteiger partial charge in [-0.25, -0.2) is 0 Å². The Morgan fingerprint density at radius 3 is 2.58 bits per heavy atom. The Bertz CT molecular complexity index is 950. The minimum absolute atomic E-state index is 0.0212. The molecular weight excluding hydrogens is 345 g/mol. The van der Waals surface area contributed by atoms with E-state index in [1.165, 1.54) is 0 Å². The van der Waals surface area contributed by atoms with Crippen LogP contribution in [0.5, 0.6) is 0 Å². The van der Waals surface area contributed by atoms with Crippen molar-refractivity contribution in [2.45, 2.75) is 18.9 Å². The van der Waals surface area contributed by atoms with Crippen molar-refractivity contribution in [3.63, 3.8) is 0 Å². The molecule has 0 aliphatic rings. The fourth-order valence-corrected chi connectivity index (χ4v) is 3.12. The molecule has 24 heavy (non-hydrogen) atoms. The summed E-state index contributed by atoms with van der Waals surface area (Å²) in [6.45, 7) is 0. The molecule has 124 valence electrons. The normalized spacial score (nSPS) is 12.5. The zero-order valence-electron chi connectivity index (χ0n) is 13.2. The van der Waals surface area contributed by atoms with Crippen molar-refractivity contribution in [2.75, 3.05) is 0 Å². The lowest BCUT2D eigenvalue weighted by Gasteiger charge is -2.14. The molecule has 0 saturated carbocycles. The number of benzene rings is 2. The van der Waals surface area contributed by atoms with Crippen LogP contribution < -0.4 is 5.56 Å². The fraction of sp³-hybridized carbons (Fsp3) is 0.211. The lowest BCUT2D eigenvalue weighted by atomic mass is 10.0. The topological polar surface area (TPSA) is 42.2 Å². The maximum absolute atomic E-state index is 12.4. The van der Waals surface area contributed by atoms with Crippen LogP contribution in [0.4, 0.5) is 0 Å². The van der Waals surface area contributed by atoms with Gasteiger partial charge < -0.3 is 9.67 Å². The Labute approximate surface area is 150 Å². The van der Waals surface area contributed by atoms with E-state index in [-0.39, 0.29) is 5.56 Å². The summed E-state index contributed by atoms with van der Waals surface area (Å²) < 4.78 is 1.64. The van der Waals surface area contributed by atoms with E-state index in [0.29, 0.717) is 28.3 Å². The number of halogens is 2. The van der Waals surface area contributed by atoms with Gasteiger partial charge in [0.05, 0.1) is 16.1 Å². The Morgan fingerprint density at radius 1 is 1.08 bits per heavy atom. The summed E-state index contributed by atoms with van der Waals surface area (Å²) in [6.07, 6.45) is 0.406. The molecule has 1 heterocycles. The van der Waals surface area contributed by atoms with Gasteiger partial charge in [-0.1, -0.05) is 47.5 Å². The molecule has 0 fully saturated rings. The van der Waals surface area contributed by atoms with E-state index >= 15 is 0 Å². The molecule has 0 radical (unpaired) electrons. The molecule has 5 heteroatoms. The summed E-state index contributed by atoms with van der Waals surface area (Å²) in [5.41, 5.74) is 1.58. The molecule has 1 aromatic heterocycles. The molecule has 1 unspecified atom stereocenters. The number of aliphatic hydroxyl groups excluding tert-OH is 1. The second-order valence-corrected chi connectivity index (χ2v) is 6.63. The van der Waals surface area contributed by atoms with Gasteiger partial charge in [-0.2, -0.15) is 0 Å². The summed E-state index contributed by atoms with van der Waals surface area (Å²) in [4.78, 5) is 12.4. The van der Waals surface area contributed by atoms with Crippen molar-refractivity contribution < 1.29 is 5.11 Å². The number of hydrogen-bond donors (Lipinski definition) is 1. The lowest BCUT2D eigenvalue weighted by molar-refractivity contribution is 0.167. The third kappa shape index (κ3) is 3.34. The van der Waals surface area contributed by atoms with Gasteiger partial charge in [0.1, 0.15) is 0 Å². The maximum Gasteiger partial charge on any atom is 0.258 e. The average Bonchev–Trinajstić information content (AvgIpc) is 2.59. The molecule has 1 N–H and O–H groups in total. The highest BCUT2D eigenvalue weighted by atomic mass is 35.5. The molecular formula is C19H17Cl2NO2. The molecule has 0 aliphatic carbocycles. The van der Waals surface area contributed by atoms with Crippen molar-refractivity contribution in [3.8, 4) is 0 Å². The van der Waals surface area contributed by atoms with Gasteiger partial charge in [-0.3, -0.25) is 4.79 Å². The maximum atomic E-state index is 12.4. The molecule has 0 bridgehead atoms. The Hall–Kier alpha value is -1.81. The van der Waals surface area contributed by atoms with E-state index < -0.39 is 6.10 Å². The van der Waals surface area contributed by atoms with E-state index in [1.54, 1.807) is 29.8 Å². The zero-order valence-corrected chi connectivity index (χ0v) is 14.7. The van der Waals surface area contributed by atoms with Gasteiger partial charge in [0.2, 0.25) is 0 Å². The van der Waals surface area contributed by atoms with Crippen molar-refractivity contribution in [1.82, 2.24) is 4.57 Å². The predicted molar refractivity (Wildman–Crippen MR) is 98.9 cm³/mol. The summed E-state index contributed by atoms with van der Waals surface area (Å²) in [6, 6.07) is 14.6. The summed E-state index contributed by atoms with van der Waals surface area (Å²) in [7, 11) is 1.76. The van der Waals surface area contributed by atoms with Gasteiger partial charge >= 0.3 is 0 Å². The molecule has 1 atom stereocenters. The van der Waals surface area contributed by atoms with E-state index in [4.69, 9.17) is 23.2 Å². The third-order valence-electron chi connectivity index (χ3n) is 4.25. The molecule has 2 aromatic carbocycles. The zero-order chi connectivity index (χ0) is 17.3. The van der Waals surface area contributed by atoms with Crippen LogP contribution in [0.25, 0.3) is 10.8 Å². The Balaban J connectivity index is 1.83. The number of fused-ring (bicyclic) bond motifs is 1. The van der Waals surface area contributed by atoms with E-state index in [9.17, 15) is 9.90 Å². The number of pyridine rings is 1. The van der Waals surface area contributed by atoms with Crippen LogP contribution in [-0.4, -0.2) is 9.67 Å². The number of nitrogens with zero attached hydrogens (tertiary/aromatic N) is 1. The first-order valence-electron chi connectivity index (χ1n) is 7.68. The van der Waals surface area contributed by atoms with Crippen LogP contribution >= 0.6 is 23.2 Å². The monoisotopic (exact) mass is 361 g/mol. The second-order valence-electron chi connectivity index (χ2n) is 5.82. The second kappa shape index (κ2) is 6.98. The molecule has 0 amide bonds. The van der Waals surface area contributed by atoms with Gasteiger partial charge in [0.15, 0.2) is 0 Å². The molecule has 0 spiro atoms. The van der Waals surface area contributed by atoms with Crippen molar-refractivity contribution >= 4 is 34.0 Å². The molecule has 3 nitrogen and oxygen atoms in total. The number of aryl methyl sites for hydroxylation is 1. The van der Waals surface area contributed by atoms with Crippen LogP contribution in [0, 0.1) is 0 Å². The summed E-state index contributed by atoms with van der Waals surface area (Å²) in [5, 5.41) is 12.9. The van der Waals surface area contributed by atoms with Gasteiger partial charge in [-0.15, -0.1) is 0 Å². The standard InChI is InChI=1S/C19H17Cl2NO2/c1-22-14(10-12-4-2-3-5-15(12)19(22)24)7-9-18(23)13-6-8-16(20)17(21)11-13/h2-6,8,10-11,18,23H,7,9H2,1H3. The third-order valence-corrected chi connectivity index (χ3v) is 4.99. The molecule has 3 rings (SSSR count). The highest BCUT2D eigenvalue weighted by Gasteiger charge is 2.12. The number of rotatable bonds is 4. The largest absolute Gasteiger partial charge is 0.388 e. The number of hydrogen-bond acceptors (Lipinski definition) is 2. The number of aromatic nitrogens is 1. The van der Waals surface area contributed by atoms with Crippen molar-refractivity contribution in [1.29, 1.82) is 0 Å².